The summed E-state index contributed by atoms with van der Waals surface area (Å²) in [6.45, 7) is 28.6. The molecule has 4 heteroatoms. The van der Waals surface area contributed by atoms with Gasteiger partial charge in [0, 0.05) is 56.6 Å². The quantitative estimate of drug-likeness (QED) is 0.139. The van der Waals surface area contributed by atoms with E-state index in [9.17, 15) is 0 Å². The van der Waals surface area contributed by atoms with Crippen LogP contribution in [0.25, 0.3) is 21.9 Å². The first-order valence-electron chi connectivity index (χ1n) is 27.0. The average Bonchev–Trinajstić information content (AvgIpc) is 3.90. The van der Waals surface area contributed by atoms with Crippen LogP contribution in [0.5, 0.6) is 0 Å². The molecule has 0 spiro atoms. The van der Waals surface area contributed by atoms with E-state index in [1.54, 1.807) is 0 Å². The molecule has 0 bridgehead atoms. The normalized spacial score (nSPS) is 28.0. The van der Waals surface area contributed by atoms with Crippen molar-refractivity contribution in [1.29, 1.82) is 0 Å². The maximum absolute atomic E-state index is 7.34. The third-order valence-corrected chi connectivity index (χ3v) is 18.3. The van der Waals surface area contributed by atoms with Gasteiger partial charge in [-0.1, -0.05) is 185 Å². The number of rotatable bonds is 10. The van der Waals surface area contributed by atoms with Crippen LogP contribution in [0.2, 0.25) is 0 Å². The van der Waals surface area contributed by atoms with Crippen LogP contribution in [0.1, 0.15) is 112 Å². The van der Waals surface area contributed by atoms with Gasteiger partial charge in [-0.05, 0) is 130 Å². The van der Waals surface area contributed by atoms with E-state index < -0.39 is 5.60 Å². The maximum Gasteiger partial charge on any atom is 0.159 e. The van der Waals surface area contributed by atoms with E-state index in [1.165, 1.54) is 61.8 Å². The Bertz CT molecular complexity index is 3390. The zero-order valence-corrected chi connectivity index (χ0v) is 44.5. The number of fused-ring (bicyclic) bond motifs is 6. The molecule has 0 radical (unpaired) electrons. The Balaban J connectivity index is 1.12. The van der Waals surface area contributed by atoms with Crippen LogP contribution in [-0.4, -0.2) is 5.60 Å². The molecule has 1 saturated heterocycles. The van der Waals surface area contributed by atoms with Gasteiger partial charge < -0.3 is 19.0 Å². The molecular formula is C68H72N2O2. The van der Waals surface area contributed by atoms with E-state index in [0.29, 0.717) is 17.8 Å². The number of nitrogens with zero attached hydrogens (tertiary/aromatic N) is 2. The summed E-state index contributed by atoms with van der Waals surface area (Å²) in [5.74, 6) is 3.18. The Morgan fingerprint density at radius 1 is 0.681 bits per heavy atom. The molecule has 1 aromatic heterocycles. The number of allylic oxidation sites excluding steroid dienone is 15. The molecule has 7 aliphatic rings. The summed E-state index contributed by atoms with van der Waals surface area (Å²) in [7, 11) is 0. The van der Waals surface area contributed by atoms with Crippen LogP contribution in [0.15, 0.2) is 213 Å². The van der Waals surface area contributed by atoms with Crippen molar-refractivity contribution in [2.75, 3.05) is 9.80 Å². The van der Waals surface area contributed by atoms with Crippen LogP contribution < -0.4 is 9.80 Å². The van der Waals surface area contributed by atoms with Crippen molar-refractivity contribution in [2.24, 2.45) is 46.3 Å². The first-order chi connectivity index (χ1) is 34.5. The second-order valence-electron chi connectivity index (χ2n) is 23.8. The van der Waals surface area contributed by atoms with E-state index in [0.717, 1.165) is 45.5 Å². The van der Waals surface area contributed by atoms with Crippen molar-refractivity contribution in [1.82, 2.24) is 0 Å². The van der Waals surface area contributed by atoms with Gasteiger partial charge in [-0.25, -0.2) is 0 Å². The molecule has 0 saturated carbocycles. The number of benzene rings is 4. The van der Waals surface area contributed by atoms with Crippen molar-refractivity contribution < 1.29 is 9.15 Å². The van der Waals surface area contributed by atoms with Crippen molar-refractivity contribution in [2.45, 2.75) is 107 Å². The standard InChI is InChI=1S/C68H72N2O2/c1-40(2)45-24-28-47(29-25-45)69(57-21-17-19-51-49-18-13-14-22-60(49)71-64(51)57)59-39-66(10,43(7)8)61-36-34-53-58(38-54(42(5)6)50-33-35-56(59)68(61,12)62(50)53)70(48-30-26-46(27-31-48)41(3)4)63-44(9)23-32-52-55-20-15-16-37-67(55,11)72-65(52)63/h13-22,24-44,55,61-62H,23H2,1-12H3. The molecule has 4 nitrogen and oxygen atoms in total. The monoisotopic (exact) mass is 949 g/mol. The molecule has 7 atom stereocenters. The van der Waals surface area contributed by atoms with Gasteiger partial charge in [0.25, 0.3) is 0 Å². The highest BCUT2D eigenvalue weighted by Crippen LogP contribution is 2.68. The minimum Gasteiger partial charge on any atom is -0.480 e. The van der Waals surface area contributed by atoms with Crippen molar-refractivity contribution in [3.63, 3.8) is 0 Å². The second kappa shape index (κ2) is 16.8. The topological polar surface area (TPSA) is 28.9 Å². The fourth-order valence-electron chi connectivity index (χ4n) is 13.9. The Kier molecular flexibility index (Phi) is 10.8. The molecule has 0 N–H and O–H groups in total. The molecule has 2 heterocycles. The average molecular weight is 949 g/mol. The fraction of sp³-hybridized carbons (Fsp3) is 0.353. The van der Waals surface area contributed by atoms with E-state index in [4.69, 9.17) is 9.15 Å². The zero-order valence-electron chi connectivity index (χ0n) is 44.5. The van der Waals surface area contributed by atoms with Gasteiger partial charge in [0.05, 0.1) is 17.1 Å². The molecule has 1 aliphatic heterocycles. The van der Waals surface area contributed by atoms with Crippen molar-refractivity contribution in [3.8, 4) is 0 Å². The summed E-state index contributed by atoms with van der Waals surface area (Å²) in [6.07, 6.45) is 27.8. The van der Waals surface area contributed by atoms with Gasteiger partial charge in [0.1, 0.15) is 16.9 Å². The highest BCUT2D eigenvalue weighted by atomic mass is 16.5. The molecule has 4 aromatic carbocycles. The highest BCUT2D eigenvalue weighted by molar-refractivity contribution is 6.10. The van der Waals surface area contributed by atoms with Gasteiger partial charge in [0.2, 0.25) is 0 Å². The number of para-hydroxylation sites is 2. The summed E-state index contributed by atoms with van der Waals surface area (Å²) in [4.78, 5) is 5.21. The van der Waals surface area contributed by atoms with E-state index in [-0.39, 0.29) is 40.4 Å². The summed E-state index contributed by atoms with van der Waals surface area (Å²) in [5.41, 5.74) is 17.5. The third-order valence-electron chi connectivity index (χ3n) is 18.3. The first-order valence-corrected chi connectivity index (χ1v) is 27.0. The molecule has 0 amide bonds. The van der Waals surface area contributed by atoms with Gasteiger partial charge >= 0.3 is 0 Å². The predicted octanol–water partition coefficient (Wildman–Crippen LogP) is 18.3. The van der Waals surface area contributed by atoms with Crippen molar-refractivity contribution in [3.05, 3.63) is 220 Å². The molecule has 12 rings (SSSR count). The summed E-state index contributed by atoms with van der Waals surface area (Å²) in [5, 5.41) is 2.27. The van der Waals surface area contributed by atoms with Crippen LogP contribution in [0.4, 0.5) is 17.1 Å². The molecule has 1 fully saturated rings. The second-order valence-corrected chi connectivity index (χ2v) is 23.8. The Hall–Kier alpha value is -6.52. The molecule has 72 heavy (non-hydrogen) atoms. The minimum atomic E-state index is -0.439. The van der Waals surface area contributed by atoms with E-state index >= 15 is 0 Å². The predicted molar refractivity (Wildman–Crippen MR) is 301 cm³/mol. The van der Waals surface area contributed by atoms with Crippen LogP contribution in [0, 0.1) is 46.3 Å². The summed E-state index contributed by atoms with van der Waals surface area (Å²) in [6, 6.07) is 34.0. The van der Waals surface area contributed by atoms with Gasteiger partial charge in [0.15, 0.2) is 5.58 Å². The maximum atomic E-state index is 7.34. The minimum absolute atomic E-state index is 0.0752. The van der Waals surface area contributed by atoms with E-state index in [1.807, 2.05) is 0 Å². The number of furan rings is 1. The van der Waals surface area contributed by atoms with Crippen LogP contribution in [0.3, 0.4) is 0 Å². The lowest BCUT2D eigenvalue weighted by molar-refractivity contribution is 0.0684. The fourth-order valence-corrected chi connectivity index (χ4v) is 13.9. The Morgan fingerprint density at radius 3 is 2.04 bits per heavy atom. The highest BCUT2D eigenvalue weighted by Gasteiger charge is 2.61. The van der Waals surface area contributed by atoms with Gasteiger partial charge in [-0.2, -0.15) is 0 Å². The zero-order chi connectivity index (χ0) is 50.2. The smallest absolute Gasteiger partial charge is 0.159 e. The Labute approximate surface area is 428 Å². The number of hydrogen-bond donors (Lipinski definition) is 0. The van der Waals surface area contributed by atoms with Crippen LogP contribution in [-0.2, 0) is 4.74 Å². The lowest BCUT2D eigenvalue weighted by atomic mass is 9.43. The summed E-state index contributed by atoms with van der Waals surface area (Å²) >= 11 is 0. The van der Waals surface area contributed by atoms with Gasteiger partial charge in [-0.3, -0.25) is 0 Å². The number of hydrogen-bond acceptors (Lipinski definition) is 4. The first kappa shape index (κ1) is 46.5. The SMILES string of the molecule is CC(C)C1=CC(N(C2=C3OC4(C)C=CC=CC4C3=CCC2C)c2ccc(C(C)C)cc2)=C2C=CC3C(C)(C(C)C)C=C(N(c4ccc(C(C)C)cc4)c4cccc5c4oc4ccccc45)C4=CC=C1C2C43C. The molecular weight excluding hydrogens is 877 g/mol. The Morgan fingerprint density at radius 2 is 1.36 bits per heavy atom. The molecule has 366 valence electrons. The molecule has 7 unspecified atom stereocenters. The number of anilines is 3. The summed E-state index contributed by atoms with van der Waals surface area (Å²) < 4.78 is 14.3. The van der Waals surface area contributed by atoms with E-state index in [2.05, 4.69) is 251 Å². The lowest BCUT2D eigenvalue weighted by Gasteiger charge is -2.61. The van der Waals surface area contributed by atoms with Crippen LogP contribution >= 0.6 is 0 Å². The molecule has 5 aromatic rings. The third kappa shape index (κ3) is 6.76. The number of ether oxygens (including phenoxy) is 1. The van der Waals surface area contributed by atoms with Crippen molar-refractivity contribution >= 4 is 39.0 Å². The largest absolute Gasteiger partial charge is 0.480 e. The van der Waals surface area contributed by atoms with Gasteiger partial charge in [-0.15, -0.1) is 0 Å². The molecule has 6 aliphatic carbocycles. The lowest BCUT2D eigenvalue weighted by Crippen LogP contribution is -2.54.